The van der Waals surface area contributed by atoms with E-state index in [1.807, 2.05) is 0 Å². The zero-order valence-electron chi connectivity index (χ0n) is 11.2. The summed E-state index contributed by atoms with van der Waals surface area (Å²) in [5, 5.41) is 12.3. The van der Waals surface area contributed by atoms with Gasteiger partial charge in [-0.05, 0) is 47.7 Å². The Kier molecular flexibility index (Phi) is 6.54. The lowest BCUT2D eigenvalue weighted by molar-refractivity contribution is -0.141. The van der Waals surface area contributed by atoms with Crippen LogP contribution in [0.5, 0.6) is 0 Å². The number of nitrogens with zero attached hydrogens (tertiary/aromatic N) is 1. The van der Waals surface area contributed by atoms with Gasteiger partial charge in [0.05, 0.1) is 11.6 Å². The number of benzene rings is 1. The molecule has 0 aliphatic carbocycles. The van der Waals surface area contributed by atoms with E-state index in [1.165, 1.54) is 4.90 Å². The molecule has 5 nitrogen and oxygen atoms in total. The Bertz CT molecular complexity index is 510. The maximum Gasteiger partial charge on any atom is 0.321 e. The summed E-state index contributed by atoms with van der Waals surface area (Å²) < 4.78 is 0.825. The van der Waals surface area contributed by atoms with Crippen LogP contribution in [0.3, 0.4) is 0 Å². The van der Waals surface area contributed by atoms with Crippen molar-refractivity contribution in [3.05, 3.63) is 26.8 Å². The number of carboxylic acid groups (broad SMARTS) is 1. The van der Waals surface area contributed by atoms with Crippen molar-refractivity contribution in [3.63, 3.8) is 0 Å². The zero-order chi connectivity index (χ0) is 15.3. The second-order valence-corrected chi connectivity index (χ2v) is 5.93. The van der Waals surface area contributed by atoms with Gasteiger partial charge in [-0.15, -0.1) is 0 Å². The van der Waals surface area contributed by atoms with E-state index < -0.39 is 11.9 Å². The van der Waals surface area contributed by atoms with Gasteiger partial charge in [-0.2, -0.15) is 0 Å². The molecular formula is C13H16ClIN2O3. The highest BCUT2D eigenvalue weighted by molar-refractivity contribution is 14.1. The van der Waals surface area contributed by atoms with Gasteiger partial charge >= 0.3 is 12.0 Å². The van der Waals surface area contributed by atoms with Crippen LogP contribution in [0.1, 0.15) is 13.8 Å². The minimum Gasteiger partial charge on any atom is -0.481 e. The summed E-state index contributed by atoms with van der Waals surface area (Å²) in [6, 6.07) is 4.83. The zero-order valence-corrected chi connectivity index (χ0v) is 14.1. The molecule has 0 heterocycles. The predicted octanol–water partition coefficient (Wildman–Crippen LogP) is 3.52. The topological polar surface area (TPSA) is 69.6 Å². The Labute approximate surface area is 136 Å². The molecule has 7 heteroatoms. The summed E-state index contributed by atoms with van der Waals surface area (Å²) >= 11 is 7.93. The Morgan fingerprint density at radius 1 is 1.50 bits per heavy atom. The summed E-state index contributed by atoms with van der Waals surface area (Å²) in [4.78, 5) is 24.4. The Hall–Kier alpha value is -1.02. The van der Waals surface area contributed by atoms with Crippen LogP contribution in [0.4, 0.5) is 10.5 Å². The second kappa shape index (κ2) is 7.68. The van der Waals surface area contributed by atoms with Crippen molar-refractivity contribution in [2.45, 2.75) is 13.8 Å². The fraction of sp³-hybridized carbons (Fsp3) is 0.385. The molecule has 0 radical (unpaired) electrons. The molecule has 0 bridgehead atoms. The van der Waals surface area contributed by atoms with Crippen molar-refractivity contribution in [1.29, 1.82) is 0 Å². The summed E-state index contributed by atoms with van der Waals surface area (Å²) in [5.41, 5.74) is 0.654. The van der Waals surface area contributed by atoms with Crippen LogP contribution in [-0.2, 0) is 4.79 Å². The minimum absolute atomic E-state index is 0.168. The summed E-state index contributed by atoms with van der Waals surface area (Å²) in [7, 11) is 0. The molecule has 1 aromatic rings. The van der Waals surface area contributed by atoms with Crippen LogP contribution in [0.15, 0.2) is 18.2 Å². The maximum absolute atomic E-state index is 12.1. The Morgan fingerprint density at radius 2 is 2.15 bits per heavy atom. The average Bonchev–Trinajstić information content (AvgIpc) is 2.38. The molecule has 2 N–H and O–H groups in total. The fourth-order valence-electron chi connectivity index (χ4n) is 1.55. The number of anilines is 1. The van der Waals surface area contributed by atoms with E-state index >= 15 is 0 Å². The maximum atomic E-state index is 12.1. The van der Waals surface area contributed by atoms with Crippen LogP contribution in [-0.4, -0.2) is 35.1 Å². The minimum atomic E-state index is -0.919. The molecule has 0 saturated heterocycles. The molecule has 0 aliphatic rings. The van der Waals surface area contributed by atoms with Gasteiger partial charge in [0.2, 0.25) is 0 Å². The largest absolute Gasteiger partial charge is 0.481 e. The van der Waals surface area contributed by atoms with Gasteiger partial charge in [-0.25, -0.2) is 4.79 Å². The number of hydrogen-bond donors (Lipinski definition) is 2. The summed E-state index contributed by atoms with van der Waals surface area (Å²) in [5.74, 6) is -1.53. The van der Waals surface area contributed by atoms with E-state index in [0.717, 1.165) is 3.57 Å². The quantitative estimate of drug-likeness (QED) is 0.730. The first-order valence-electron chi connectivity index (χ1n) is 6.09. The van der Waals surface area contributed by atoms with E-state index in [-0.39, 0.29) is 12.6 Å². The molecule has 0 aliphatic heterocycles. The van der Waals surface area contributed by atoms with Crippen molar-refractivity contribution in [1.82, 2.24) is 4.90 Å². The molecule has 20 heavy (non-hydrogen) atoms. The van der Waals surface area contributed by atoms with Crippen LogP contribution < -0.4 is 5.32 Å². The number of aliphatic carboxylic acids is 1. The van der Waals surface area contributed by atoms with Crippen LogP contribution >= 0.6 is 34.2 Å². The molecule has 1 rings (SSSR count). The van der Waals surface area contributed by atoms with Gasteiger partial charge in [0, 0.05) is 21.7 Å². The number of halogens is 2. The van der Waals surface area contributed by atoms with Crippen molar-refractivity contribution < 1.29 is 14.7 Å². The number of carbonyl (C=O) groups excluding carboxylic acids is 1. The van der Waals surface area contributed by atoms with Crippen LogP contribution in [0.25, 0.3) is 0 Å². The highest BCUT2D eigenvalue weighted by atomic mass is 127. The molecule has 1 unspecified atom stereocenters. The van der Waals surface area contributed by atoms with Gasteiger partial charge < -0.3 is 15.3 Å². The smallest absolute Gasteiger partial charge is 0.321 e. The molecule has 2 amide bonds. The summed E-state index contributed by atoms with van der Waals surface area (Å²) in [6.07, 6.45) is 0. The lowest BCUT2D eigenvalue weighted by atomic mass is 10.2. The molecular weight excluding hydrogens is 395 g/mol. The van der Waals surface area contributed by atoms with Crippen LogP contribution in [0.2, 0.25) is 5.02 Å². The number of urea groups is 1. The molecule has 0 aromatic heterocycles. The Morgan fingerprint density at radius 3 is 2.65 bits per heavy atom. The number of carbonyl (C=O) groups is 2. The fourth-order valence-corrected chi connectivity index (χ4v) is 2.56. The van der Waals surface area contributed by atoms with Gasteiger partial charge in [-0.3, -0.25) is 4.79 Å². The van der Waals surface area contributed by atoms with Crippen molar-refractivity contribution in [3.8, 4) is 0 Å². The van der Waals surface area contributed by atoms with Crippen molar-refractivity contribution in [2.75, 3.05) is 18.4 Å². The van der Waals surface area contributed by atoms with Crippen molar-refractivity contribution in [2.24, 2.45) is 5.92 Å². The normalized spacial score (nSPS) is 11.8. The summed E-state index contributed by atoms with van der Waals surface area (Å²) in [6.45, 7) is 3.99. The van der Waals surface area contributed by atoms with E-state index in [4.69, 9.17) is 16.7 Å². The number of amides is 2. The highest BCUT2D eigenvalue weighted by Crippen LogP contribution is 2.22. The monoisotopic (exact) mass is 410 g/mol. The number of hydrogen-bond acceptors (Lipinski definition) is 2. The average molecular weight is 411 g/mol. The first-order valence-corrected chi connectivity index (χ1v) is 7.54. The lowest BCUT2D eigenvalue weighted by Gasteiger charge is -2.23. The standard InChI is InChI=1S/C13H16ClIN2O3/c1-3-17(7-8(2)12(18)19)13(20)16-11-5-4-9(14)6-10(11)15/h4-6,8H,3,7H2,1-2H3,(H,16,20)(H,18,19). The predicted molar refractivity (Wildman–Crippen MR) is 87.2 cm³/mol. The van der Waals surface area contributed by atoms with Gasteiger partial charge in [-0.1, -0.05) is 18.5 Å². The molecule has 0 saturated carbocycles. The van der Waals surface area contributed by atoms with E-state index in [9.17, 15) is 9.59 Å². The third-order valence-electron chi connectivity index (χ3n) is 2.76. The van der Waals surface area contributed by atoms with Crippen LogP contribution in [0, 0.1) is 9.49 Å². The molecule has 1 aromatic carbocycles. The first-order chi connectivity index (χ1) is 9.35. The van der Waals surface area contributed by atoms with Crippen molar-refractivity contribution >= 4 is 51.9 Å². The molecule has 0 fully saturated rings. The number of rotatable bonds is 5. The molecule has 1 atom stereocenters. The molecule has 0 spiro atoms. The van der Waals surface area contributed by atoms with E-state index in [2.05, 4.69) is 27.9 Å². The number of carboxylic acids is 1. The first kappa shape index (κ1) is 17.0. The van der Waals surface area contributed by atoms with Gasteiger partial charge in [0.15, 0.2) is 0 Å². The third kappa shape index (κ3) is 4.82. The molecule has 110 valence electrons. The highest BCUT2D eigenvalue weighted by Gasteiger charge is 2.19. The Balaban J connectivity index is 2.74. The van der Waals surface area contributed by atoms with E-state index in [1.54, 1.807) is 32.0 Å². The van der Waals surface area contributed by atoms with E-state index in [0.29, 0.717) is 17.3 Å². The SMILES string of the molecule is CCN(CC(C)C(=O)O)C(=O)Nc1ccc(Cl)cc1I. The second-order valence-electron chi connectivity index (χ2n) is 4.33. The number of nitrogens with one attached hydrogen (secondary N) is 1. The van der Waals surface area contributed by atoms with Gasteiger partial charge in [0.25, 0.3) is 0 Å². The van der Waals surface area contributed by atoms with Gasteiger partial charge in [0.1, 0.15) is 0 Å². The lowest BCUT2D eigenvalue weighted by Crippen LogP contribution is -2.39. The third-order valence-corrected chi connectivity index (χ3v) is 3.89.